The summed E-state index contributed by atoms with van der Waals surface area (Å²) in [5.41, 5.74) is 0. The number of hydrogen-bond donors (Lipinski definition) is 1. The molecule has 0 amide bonds. The van der Waals surface area contributed by atoms with Crippen LogP contribution in [0.2, 0.25) is 0 Å². The number of fused-ring (bicyclic) bond motifs is 2. The molecule has 2 rings (SSSR count). The van der Waals surface area contributed by atoms with Crippen molar-refractivity contribution in [3.05, 3.63) is 0 Å². The zero-order chi connectivity index (χ0) is 10.1. The Morgan fingerprint density at radius 3 is 2.79 bits per heavy atom. The summed E-state index contributed by atoms with van der Waals surface area (Å²) in [5, 5.41) is 9.81. The topological polar surface area (TPSA) is 46.5 Å². The van der Waals surface area contributed by atoms with Crippen molar-refractivity contribution in [3.8, 4) is 0 Å². The third kappa shape index (κ3) is 1.78. The third-order valence-corrected chi connectivity index (χ3v) is 3.63. The van der Waals surface area contributed by atoms with E-state index in [4.69, 9.17) is 4.74 Å². The first-order valence-electron chi connectivity index (χ1n) is 5.54. The minimum atomic E-state index is -0.254. The Morgan fingerprint density at radius 2 is 2.07 bits per heavy atom. The normalized spacial score (nSPS) is 41.9. The molecule has 0 aromatic carbocycles. The van der Waals surface area contributed by atoms with Gasteiger partial charge in [-0.05, 0) is 31.6 Å². The van der Waals surface area contributed by atoms with Gasteiger partial charge in [-0.15, -0.1) is 0 Å². The summed E-state index contributed by atoms with van der Waals surface area (Å²) in [5.74, 6) is 0.494. The molecule has 0 heterocycles. The van der Waals surface area contributed by atoms with E-state index in [1.54, 1.807) is 0 Å². The van der Waals surface area contributed by atoms with Crippen LogP contribution in [-0.4, -0.2) is 23.3 Å². The van der Waals surface area contributed by atoms with E-state index >= 15 is 0 Å². The van der Waals surface area contributed by atoms with Crippen molar-refractivity contribution in [3.63, 3.8) is 0 Å². The maximum Gasteiger partial charge on any atom is 0.302 e. The minimum Gasteiger partial charge on any atom is -0.462 e. The number of carbonyl (C=O) groups excluding carboxylic acids is 1. The molecule has 2 saturated carbocycles. The molecule has 1 N–H and O–H groups in total. The zero-order valence-electron chi connectivity index (χ0n) is 8.61. The summed E-state index contributed by atoms with van der Waals surface area (Å²) in [4.78, 5) is 10.9. The molecule has 2 aliphatic rings. The Morgan fingerprint density at radius 1 is 1.29 bits per heavy atom. The molecule has 80 valence electrons. The molecule has 0 saturated heterocycles. The highest BCUT2D eigenvalue weighted by Gasteiger charge is 2.42. The first-order chi connectivity index (χ1) is 6.68. The lowest BCUT2D eigenvalue weighted by atomic mass is 9.68. The predicted octanol–water partition coefficient (Wildman–Crippen LogP) is 1.49. The summed E-state index contributed by atoms with van der Waals surface area (Å²) in [6.07, 6.45) is 4.96. The van der Waals surface area contributed by atoms with Gasteiger partial charge in [0.05, 0.1) is 6.10 Å². The molecule has 2 aliphatic carbocycles. The van der Waals surface area contributed by atoms with Gasteiger partial charge >= 0.3 is 5.97 Å². The minimum absolute atomic E-state index is 0.00926. The molecule has 2 bridgehead atoms. The second-order valence-corrected chi connectivity index (χ2v) is 4.57. The number of esters is 1. The summed E-state index contributed by atoms with van der Waals surface area (Å²) in [6, 6.07) is 0. The first-order valence-corrected chi connectivity index (χ1v) is 5.54. The Balaban J connectivity index is 2.08. The van der Waals surface area contributed by atoms with Crippen LogP contribution in [0, 0.1) is 11.8 Å². The van der Waals surface area contributed by atoms with Crippen molar-refractivity contribution >= 4 is 5.97 Å². The van der Waals surface area contributed by atoms with Crippen LogP contribution in [0.15, 0.2) is 0 Å². The van der Waals surface area contributed by atoms with Crippen molar-refractivity contribution < 1.29 is 14.6 Å². The number of aliphatic hydroxyl groups is 1. The predicted molar refractivity (Wildman–Crippen MR) is 51.6 cm³/mol. The molecular weight excluding hydrogens is 180 g/mol. The molecule has 3 heteroatoms. The zero-order valence-corrected chi connectivity index (χ0v) is 8.61. The molecule has 0 unspecified atom stereocenters. The monoisotopic (exact) mass is 198 g/mol. The summed E-state index contributed by atoms with van der Waals surface area (Å²) < 4.78 is 5.33. The van der Waals surface area contributed by atoms with Crippen LogP contribution in [0.25, 0.3) is 0 Å². The fourth-order valence-electron chi connectivity index (χ4n) is 2.99. The van der Waals surface area contributed by atoms with Gasteiger partial charge in [0.25, 0.3) is 0 Å². The lowest BCUT2D eigenvalue weighted by Gasteiger charge is -2.44. The largest absolute Gasteiger partial charge is 0.462 e. The summed E-state index contributed by atoms with van der Waals surface area (Å²) >= 11 is 0. The highest BCUT2D eigenvalue weighted by molar-refractivity contribution is 5.66. The highest BCUT2D eigenvalue weighted by atomic mass is 16.5. The van der Waals surface area contributed by atoms with Gasteiger partial charge in [-0.2, -0.15) is 0 Å². The maximum absolute atomic E-state index is 10.9. The summed E-state index contributed by atoms with van der Waals surface area (Å²) in [6.45, 7) is 1.46. The number of carbonyl (C=O) groups is 1. The van der Waals surface area contributed by atoms with Gasteiger partial charge in [-0.3, -0.25) is 4.79 Å². The molecule has 0 aromatic heterocycles. The first kappa shape index (κ1) is 9.97. The smallest absolute Gasteiger partial charge is 0.302 e. The van der Waals surface area contributed by atoms with Crippen molar-refractivity contribution in [2.45, 2.75) is 51.2 Å². The molecule has 0 spiro atoms. The highest BCUT2D eigenvalue weighted by Crippen LogP contribution is 2.41. The van der Waals surface area contributed by atoms with Gasteiger partial charge in [0.2, 0.25) is 0 Å². The molecule has 2 fully saturated rings. The van der Waals surface area contributed by atoms with E-state index < -0.39 is 0 Å². The van der Waals surface area contributed by atoms with Crippen molar-refractivity contribution in [2.24, 2.45) is 11.8 Å². The Kier molecular flexibility index (Phi) is 2.77. The van der Waals surface area contributed by atoms with Crippen LogP contribution < -0.4 is 0 Å². The molecule has 14 heavy (non-hydrogen) atoms. The van der Waals surface area contributed by atoms with E-state index in [0.717, 1.165) is 25.7 Å². The number of ether oxygens (including phenoxy) is 1. The lowest BCUT2D eigenvalue weighted by Crippen LogP contribution is -2.46. The molecule has 0 radical (unpaired) electrons. The van der Waals surface area contributed by atoms with Crippen LogP contribution in [0.3, 0.4) is 0 Å². The molecular formula is C11H18O3. The van der Waals surface area contributed by atoms with Crippen LogP contribution in [0.4, 0.5) is 0 Å². The third-order valence-electron chi connectivity index (χ3n) is 3.63. The molecule has 0 aliphatic heterocycles. The molecule has 3 nitrogen and oxygen atoms in total. The van der Waals surface area contributed by atoms with Crippen LogP contribution >= 0.6 is 0 Å². The van der Waals surface area contributed by atoms with Gasteiger partial charge in [0.1, 0.15) is 6.10 Å². The van der Waals surface area contributed by atoms with Crippen LogP contribution in [-0.2, 0) is 9.53 Å². The van der Waals surface area contributed by atoms with Crippen molar-refractivity contribution in [2.75, 3.05) is 0 Å². The second kappa shape index (κ2) is 3.89. The molecule has 0 aromatic rings. The van der Waals surface area contributed by atoms with Crippen molar-refractivity contribution in [1.29, 1.82) is 0 Å². The van der Waals surface area contributed by atoms with E-state index in [0.29, 0.717) is 5.92 Å². The number of aliphatic hydroxyl groups excluding tert-OH is 1. The molecule has 4 atom stereocenters. The van der Waals surface area contributed by atoms with Crippen LogP contribution in [0.1, 0.15) is 39.0 Å². The van der Waals surface area contributed by atoms with E-state index in [9.17, 15) is 9.90 Å². The van der Waals surface area contributed by atoms with E-state index in [-0.39, 0.29) is 24.1 Å². The Hall–Kier alpha value is -0.570. The Bertz CT molecular complexity index is 227. The van der Waals surface area contributed by atoms with E-state index in [1.807, 2.05) is 0 Å². The lowest BCUT2D eigenvalue weighted by molar-refractivity contribution is -0.165. The van der Waals surface area contributed by atoms with Gasteiger partial charge in [-0.1, -0.05) is 6.42 Å². The van der Waals surface area contributed by atoms with Gasteiger partial charge in [0, 0.05) is 12.8 Å². The SMILES string of the molecule is CC(=O)O[C@H]1[C@H]2CCC[C@@H]1[C@H](O)CC2. The standard InChI is InChI=1S/C11H18O3/c1-7(12)14-11-8-3-2-4-9(11)10(13)6-5-8/h8-11,13H,2-6H2,1H3/t8-,9+,10+,11-/m0/s1. The second-order valence-electron chi connectivity index (χ2n) is 4.57. The fraction of sp³-hybridized carbons (Fsp3) is 0.909. The van der Waals surface area contributed by atoms with Crippen molar-refractivity contribution in [1.82, 2.24) is 0 Å². The number of rotatable bonds is 1. The Labute approximate surface area is 84.4 Å². The van der Waals surface area contributed by atoms with E-state index in [2.05, 4.69) is 0 Å². The number of hydrogen-bond acceptors (Lipinski definition) is 3. The quantitative estimate of drug-likeness (QED) is 0.649. The van der Waals surface area contributed by atoms with E-state index in [1.165, 1.54) is 13.3 Å². The van der Waals surface area contributed by atoms with Gasteiger partial charge in [-0.25, -0.2) is 0 Å². The van der Waals surface area contributed by atoms with Crippen LogP contribution in [0.5, 0.6) is 0 Å². The fourth-order valence-corrected chi connectivity index (χ4v) is 2.99. The summed E-state index contributed by atoms with van der Waals surface area (Å²) in [7, 11) is 0. The maximum atomic E-state index is 10.9. The van der Waals surface area contributed by atoms with Gasteiger partial charge < -0.3 is 9.84 Å². The van der Waals surface area contributed by atoms with Gasteiger partial charge in [0.15, 0.2) is 0 Å². The average molecular weight is 198 g/mol. The average Bonchev–Trinajstić information content (AvgIpc) is 2.11.